The minimum atomic E-state index is 0.639. The van der Waals surface area contributed by atoms with E-state index in [-0.39, 0.29) is 0 Å². The van der Waals surface area contributed by atoms with Crippen molar-refractivity contribution in [3.63, 3.8) is 0 Å². The molecule has 0 aliphatic rings. The molecule has 0 radical (unpaired) electrons. The first-order valence-electron chi connectivity index (χ1n) is 5.64. The van der Waals surface area contributed by atoms with Gasteiger partial charge in [-0.05, 0) is 30.0 Å². The van der Waals surface area contributed by atoms with E-state index in [1.165, 1.54) is 18.4 Å². The zero-order valence-corrected chi connectivity index (χ0v) is 12.8. The van der Waals surface area contributed by atoms with Gasteiger partial charge in [0.2, 0.25) is 0 Å². The molecule has 1 aromatic rings. The van der Waals surface area contributed by atoms with Gasteiger partial charge in [-0.1, -0.05) is 57.3 Å². The van der Waals surface area contributed by atoms with E-state index in [1.54, 1.807) is 0 Å². The first-order chi connectivity index (χ1) is 7.76. The Morgan fingerprint density at radius 1 is 1.25 bits per heavy atom. The molecule has 1 atom stereocenters. The maximum atomic E-state index is 5.72. The number of ether oxygens (including phenoxy) is 1. The van der Waals surface area contributed by atoms with Crippen molar-refractivity contribution in [3.05, 3.63) is 34.3 Å². The van der Waals surface area contributed by atoms with Crippen molar-refractivity contribution in [1.82, 2.24) is 0 Å². The topological polar surface area (TPSA) is 9.23 Å². The van der Waals surface area contributed by atoms with E-state index in [4.69, 9.17) is 4.74 Å². The zero-order valence-electron chi connectivity index (χ0n) is 9.59. The highest BCUT2D eigenvalue weighted by molar-refractivity contribution is 9.10. The minimum absolute atomic E-state index is 0.639. The first kappa shape index (κ1) is 14.2. The molecule has 0 saturated carbocycles. The van der Waals surface area contributed by atoms with Gasteiger partial charge in [0.15, 0.2) is 0 Å². The molecule has 3 heteroatoms. The van der Waals surface area contributed by atoms with Gasteiger partial charge in [0.1, 0.15) is 0 Å². The van der Waals surface area contributed by atoms with Crippen molar-refractivity contribution in [2.75, 3.05) is 11.9 Å². The highest BCUT2D eigenvalue weighted by Gasteiger charge is 2.05. The van der Waals surface area contributed by atoms with Crippen molar-refractivity contribution >= 4 is 31.9 Å². The van der Waals surface area contributed by atoms with E-state index >= 15 is 0 Å². The Balaban J connectivity index is 2.26. The van der Waals surface area contributed by atoms with E-state index in [0.29, 0.717) is 12.5 Å². The van der Waals surface area contributed by atoms with Crippen LogP contribution in [0.25, 0.3) is 0 Å². The number of hydrogen-bond acceptors (Lipinski definition) is 1. The Hall–Kier alpha value is 0.140. The Kier molecular flexibility index (Phi) is 7.33. The van der Waals surface area contributed by atoms with Crippen LogP contribution in [0.15, 0.2) is 28.7 Å². The predicted molar refractivity (Wildman–Crippen MR) is 76.0 cm³/mol. The predicted octanol–water partition coefficient (Wildman–Crippen LogP) is 4.78. The molecular formula is C13H18Br2O. The summed E-state index contributed by atoms with van der Waals surface area (Å²) in [5.41, 5.74) is 1.23. The van der Waals surface area contributed by atoms with Crippen molar-refractivity contribution in [1.29, 1.82) is 0 Å². The van der Waals surface area contributed by atoms with Crippen LogP contribution in [-0.2, 0) is 11.3 Å². The molecule has 16 heavy (non-hydrogen) atoms. The average molecular weight is 350 g/mol. The third-order valence-corrected chi connectivity index (χ3v) is 3.90. The quantitative estimate of drug-likeness (QED) is 0.644. The van der Waals surface area contributed by atoms with Crippen LogP contribution < -0.4 is 0 Å². The average Bonchev–Trinajstić information content (AvgIpc) is 2.30. The van der Waals surface area contributed by atoms with Gasteiger partial charge in [-0.15, -0.1) is 0 Å². The van der Waals surface area contributed by atoms with E-state index in [0.717, 1.165) is 16.4 Å². The smallest absolute Gasteiger partial charge is 0.0717 e. The third-order valence-electron chi connectivity index (χ3n) is 2.45. The molecule has 0 aliphatic carbocycles. The van der Waals surface area contributed by atoms with Crippen LogP contribution in [-0.4, -0.2) is 11.9 Å². The standard InChI is InChI=1S/C13H18Br2O/c1-2-3-12(8-14)10-16-9-11-4-6-13(15)7-5-11/h4-7,12H,2-3,8-10H2,1H3. The minimum Gasteiger partial charge on any atom is -0.376 e. The summed E-state index contributed by atoms with van der Waals surface area (Å²) in [6.07, 6.45) is 2.45. The maximum absolute atomic E-state index is 5.72. The molecule has 0 amide bonds. The van der Waals surface area contributed by atoms with Crippen LogP contribution in [0.1, 0.15) is 25.3 Å². The Morgan fingerprint density at radius 3 is 2.50 bits per heavy atom. The first-order valence-corrected chi connectivity index (χ1v) is 7.55. The van der Waals surface area contributed by atoms with Gasteiger partial charge < -0.3 is 4.74 Å². The number of rotatable bonds is 7. The highest BCUT2D eigenvalue weighted by atomic mass is 79.9. The van der Waals surface area contributed by atoms with Crippen molar-refractivity contribution in [2.45, 2.75) is 26.4 Å². The molecule has 90 valence electrons. The maximum Gasteiger partial charge on any atom is 0.0717 e. The van der Waals surface area contributed by atoms with Gasteiger partial charge in [0.05, 0.1) is 13.2 Å². The van der Waals surface area contributed by atoms with E-state index in [2.05, 4.69) is 50.9 Å². The summed E-state index contributed by atoms with van der Waals surface area (Å²) in [5.74, 6) is 0.639. The summed E-state index contributed by atoms with van der Waals surface area (Å²) >= 11 is 6.95. The molecule has 0 aliphatic heterocycles. The molecule has 1 nitrogen and oxygen atoms in total. The molecule has 0 spiro atoms. The van der Waals surface area contributed by atoms with Crippen LogP contribution in [0.3, 0.4) is 0 Å². The lowest BCUT2D eigenvalue weighted by Crippen LogP contribution is -2.10. The summed E-state index contributed by atoms with van der Waals surface area (Å²) in [5, 5.41) is 1.03. The molecule has 0 saturated heterocycles. The van der Waals surface area contributed by atoms with Crippen LogP contribution in [0, 0.1) is 5.92 Å². The van der Waals surface area contributed by atoms with Gasteiger partial charge in [0, 0.05) is 9.80 Å². The molecular weight excluding hydrogens is 332 g/mol. The van der Waals surface area contributed by atoms with Gasteiger partial charge in [-0.3, -0.25) is 0 Å². The molecule has 1 unspecified atom stereocenters. The molecule has 0 heterocycles. The highest BCUT2D eigenvalue weighted by Crippen LogP contribution is 2.13. The summed E-state index contributed by atoms with van der Waals surface area (Å²) < 4.78 is 6.83. The number of hydrogen-bond donors (Lipinski definition) is 0. The molecule has 1 aromatic carbocycles. The molecule has 0 N–H and O–H groups in total. The fourth-order valence-corrected chi connectivity index (χ4v) is 2.31. The SMILES string of the molecule is CCCC(CBr)COCc1ccc(Br)cc1. The van der Waals surface area contributed by atoms with E-state index in [1.807, 2.05) is 12.1 Å². The Morgan fingerprint density at radius 2 is 1.94 bits per heavy atom. The van der Waals surface area contributed by atoms with Gasteiger partial charge in [-0.25, -0.2) is 0 Å². The van der Waals surface area contributed by atoms with Crippen LogP contribution >= 0.6 is 31.9 Å². The van der Waals surface area contributed by atoms with E-state index in [9.17, 15) is 0 Å². The lowest BCUT2D eigenvalue weighted by atomic mass is 10.1. The Labute approximate surface area is 115 Å². The fraction of sp³-hybridized carbons (Fsp3) is 0.538. The van der Waals surface area contributed by atoms with Crippen molar-refractivity contribution in [2.24, 2.45) is 5.92 Å². The van der Waals surface area contributed by atoms with Crippen LogP contribution in [0.2, 0.25) is 0 Å². The summed E-state index contributed by atoms with van der Waals surface area (Å²) in [6, 6.07) is 8.28. The van der Waals surface area contributed by atoms with Gasteiger partial charge >= 0.3 is 0 Å². The van der Waals surface area contributed by atoms with Crippen molar-refractivity contribution < 1.29 is 4.74 Å². The van der Waals surface area contributed by atoms with E-state index < -0.39 is 0 Å². The summed E-state index contributed by atoms with van der Waals surface area (Å²) in [7, 11) is 0. The van der Waals surface area contributed by atoms with Crippen LogP contribution in [0.5, 0.6) is 0 Å². The van der Waals surface area contributed by atoms with Crippen molar-refractivity contribution in [3.8, 4) is 0 Å². The zero-order chi connectivity index (χ0) is 11.8. The monoisotopic (exact) mass is 348 g/mol. The second-order valence-electron chi connectivity index (χ2n) is 3.95. The molecule has 0 aromatic heterocycles. The second kappa shape index (κ2) is 8.26. The lowest BCUT2D eigenvalue weighted by Gasteiger charge is -2.13. The normalized spacial score (nSPS) is 12.7. The van der Waals surface area contributed by atoms with Gasteiger partial charge in [-0.2, -0.15) is 0 Å². The molecule has 0 bridgehead atoms. The third kappa shape index (κ3) is 5.46. The summed E-state index contributed by atoms with van der Waals surface area (Å²) in [4.78, 5) is 0. The largest absolute Gasteiger partial charge is 0.376 e. The number of alkyl halides is 1. The number of benzene rings is 1. The lowest BCUT2D eigenvalue weighted by molar-refractivity contribution is 0.0910. The fourth-order valence-electron chi connectivity index (χ4n) is 1.54. The second-order valence-corrected chi connectivity index (χ2v) is 5.51. The van der Waals surface area contributed by atoms with Crippen LogP contribution in [0.4, 0.5) is 0 Å². The Bertz CT molecular complexity index is 284. The number of halogens is 2. The molecule has 0 fully saturated rings. The van der Waals surface area contributed by atoms with Gasteiger partial charge in [0.25, 0.3) is 0 Å². The molecule has 1 rings (SSSR count). The summed E-state index contributed by atoms with van der Waals surface area (Å²) in [6.45, 7) is 3.76.